The monoisotopic (exact) mass is 511 g/mol. The van der Waals surface area contributed by atoms with Gasteiger partial charge in [0, 0.05) is 27.3 Å². The van der Waals surface area contributed by atoms with Crippen molar-refractivity contribution in [2.75, 3.05) is 0 Å². The van der Waals surface area contributed by atoms with Crippen molar-refractivity contribution in [3.05, 3.63) is 145 Å². The Morgan fingerprint density at radius 3 is 1.85 bits per heavy atom. The van der Waals surface area contributed by atoms with Crippen LogP contribution in [0.1, 0.15) is 25.0 Å². The molecular formula is C39H29N. The van der Waals surface area contributed by atoms with Crippen LogP contribution in [0, 0.1) is 0 Å². The molecule has 0 saturated carbocycles. The van der Waals surface area contributed by atoms with E-state index in [1.165, 1.54) is 71.9 Å². The molecule has 1 aliphatic carbocycles. The Bertz CT molecular complexity index is 2060. The normalized spacial score (nSPS) is 13.4. The SMILES string of the molecule is CC1(C)c2ccccc2-c2ccc(-c3ccc4[nH]c5c(-c6ccccc6)cc(-c6ccccc6)cc5c4c3)cc21. The molecule has 1 N–H and O–H groups in total. The molecule has 8 rings (SSSR count). The predicted molar refractivity (Wildman–Crippen MR) is 170 cm³/mol. The van der Waals surface area contributed by atoms with Crippen molar-refractivity contribution in [1.29, 1.82) is 0 Å². The Morgan fingerprint density at radius 1 is 0.425 bits per heavy atom. The van der Waals surface area contributed by atoms with Gasteiger partial charge in [-0.3, -0.25) is 0 Å². The van der Waals surface area contributed by atoms with E-state index in [0.29, 0.717) is 0 Å². The minimum absolute atomic E-state index is 0.0119. The van der Waals surface area contributed by atoms with Crippen LogP contribution < -0.4 is 0 Å². The standard InChI is InChI=1S/C39H29N/c1-39(2)35-16-10-9-15-30(35)31-19-17-28(24-36(31)39)27-18-20-37-33(21-27)34-23-29(25-11-5-3-6-12-25)22-32(38(34)40-37)26-13-7-4-8-14-26/h3-24,40H,1-2H3. The third kappa shape index (κ3) is 3.41. The first-order valence-corrected chi connectivity index (χ1v) is 14.0. The van der Waals surface area contributed by atoms with Crippen molar-refractivity contribution in [3.8, 4) is 44.5 Å². The maximum absolute atomic E-state index is 3.77. The number of rotatable bonds is 3. The van der Waals surface area contributed by atoms with Crippen LogP contribution in [0.25, 0.3) is 66.3 Å². The highest BCUT2D eigenvalue weighted by Crippen LogP contribution is 2.49. The molecule has 1 aliphatic rings. The molecule has 1 heteroatoms. The van der Waals surface area contributed by atoms with Crippen LogP contribution in [-0.4, -0.2) is 4.98 Å². The van der Waals surface area contributed by atoms with E-state index in [1.807, 2.05) is 0 Å². The fourth-order valence-corrected chi connectivity index (χ4v) is 6.71. The fourth-order valence-electron chi connectivity index (χ4n) is 6.71. The van der Waals surface area contributed by atoms with Crippen molar-refractivity contribution in [2.24, 2.45) is 0 Å². The molecule has 1 heterocycles. The number of hydrogen-bond donors (Lipinski definition) is 1. The minimum atomic E-state index is -0.0119. The zero-order chi connectivity index (χ0) is 26.8. The lowest BCUT2D eigenvalue weighted by molar-refractivity contribution is 0.660. The van der Waals surface area contributed by atoms with Gasteiger partial charge in [-0.2, -0.15) is 0 Å². The molecule has 0 unspecified atom stereocenters. The molecule has 0 spiro atoms. The molecular weight excluding hydrogens is 482 g/mol. The van der Waals surface area contributed by atoms with Gasteiger partial charge < -0.3 is 4.98 Å². The molecule has 0 aliphatic heterocycles. The molecule has 190 valence electrons. The molecule has 0 bridgehead atoms. The van der Waals surface area contributed by atoms with E-state index < -0.39 is 0 Å². The highest BCUT2D eigenvalue weighted by molar-refractivity contribution is 6.14. The third-order valence-electron chi connectivity index (χ3n) is 8.82. The predicted octanol–water partition coefficient (Wildman–Crippen LogP) is 10.6. The van der Waals surface area contributed by atoms with Gasteiger partial charge in [0.15, 0.2) is 0 Å². The van der Waals surface area contributed by atoms with Crippen LogP contribution >= 0.6 is 0 Å². The Labute approximate surface area is 234 Å². The maximum Gasteiger partial charge on any atom is 0.0544 e. The minimum Gasteiger partial charge on any atom is -0.354 e. The van der Waals surface area contributed by atoms with E-state index in [1.54, 1.807) is 0 Å². The number of nitrogens with one attached hydrogen (secondary N) is 1. The van der Waals surface area contributed by atoms with E-state index >= 15 is 0 Å². The summed E-state index contributed by atoms with van der Waals surface area (Å²) in [6, 6.07) is 48.8. The van der Waals surface area contributed by atoms with Crippen molar-refractivity contribution in [3.63, 3.8) is 0 Å². The molecule has 40 heavy (non-hydrogen) atoms. The summed E-state index contributed by atoms with van der Waals surface area (Å²) >= 11 is 0. The first-order valence-electron chi connectivity index (χ1n) is 14.0. The quantitative estimate of drug-likeness (QED) is 0.243. The zero-order valence-corrected chi connectivity index (χ0v) is 22.7. The van der Waals surface area contributed by atoms with E-state index in [4.69, 9.17) is 0 Å². The number of aromatic nitrogens is 1. The highest BCUT2D eigenvalue weighted by atomic mass is 14.7. The fraction of sp³-hybridized carbons (Fsp3) is 0.0769. The van der Waals surface area contributed by atoms with Gasteiger partial charge in [0.1, 0.15) is 0 Å². The maximum atomic E-state index is 3.77. The number of hydrogen-bond acceptors (Lipinski definition) is 0. The molecule has 6 aromatic carbocycles. The summed E-state index contributed by atoms with van der Waals surface area (Å²) in [6.45, 7) is 4.70. The highest BCUT2D eigenvalue weighted by Gasteiger charge is 2.35. The summed E-state index contributed by atoms with van der Waals surface area (Å²) in [5.41, 5.74) is 15.3. The summed E-state index contributed by atoms with van der Waals surface area (Å²) in [6.07, 6.45) is 0. The van der Waals surface area contributed by atoms with Gasteiger partial charge in [0.05, 0.1) is 5.52 Å². The van der Waals surface area contributed by atoms with Gasteiger partial charge in [0.25, 0.3) is 0 Å². The molecule has 1 nitrogen and oxygen atoms in total. The lowest BCUT2D eigenvalue weighted by Crippen LogP contribution is -2.14. The lowest BCUT2D eigenvalue weighted by atomic mass is 9.81. The summed E-state index contributed by atoms with van der Waals surface area (Å²) in [7, 11) is 0. The second kappa shape index (κ2) is 8.56. The van der Waals surface area contributed by atoms with Crippen LogP contribution in [0.3, 0.4) is 0 Å². The molecule has 0 atom stereocenters. The molecule has 0 amide bonds. The number of fused-ring (bicyclic) bond motifs is 6. The Balaban J connectivity index is 1.33. The first-order chi connectivity index (χ1) is 19.6. The largest absolute Gasteiger partial charge is 0.354 e. The van der Waals surface area contributed by atoms with E-state index in [9.17, 15) is 0 Å². The van der Waals surface area contributed by atoms with Crippen molar-refractivity contribution in [1.82, 2.24) is 4.98 Å². The third-order valence-corrected chi connectivity index (χ3v) is 8.82. The van der Waals surface area contributed by atoms with Crippen LogP contribution in [0.2, 0.25) is 0 Å². The number of benzene rings is 6. The Kier molecular flexibility index (Phi) is 4.93. The zero-order valence-electron chi connectivity index (χ0n) is 22.7. The van der Waals surface area contributed by atoms with E-state index in [2.05, 4.69) is 152 Å². The summed E-state index contributed by atoms with van der Waals surface area (Å²) in [5, 5.41) is 2.51. The van der Waals surface area contributed by atoms with E-state index in [-0.39, 0.29) is 5.41 Å². The first kappa shape index (κ1) is 23.0. The second-order valence-electron chi connectivity index (χ2n) is 11.5. The number of H-pyrrole nitrogens is 1. The molecule has 0 radical (unpaired) electrons. The molecule has 7 aromatic rings. The van der Waals surface area contributed by atoms with Gasteiger partial charge in [-0.1, -0.05) is 117 Å². The van der Waals surface area contributed by atoms with Crippen molar-refractivity contribution in [2.45, 2.75) is 19.3 Å². The van der Waals surface area contributed by atoms with Crippen molar-refractivity contribution < 1.29 is 0 Å². The van der Waals surface area contributed by atoms with Gasteiger partial charge >= 0.3 is 0 Å². The molecule has 1 aromatic heterocycles. The molecule has 0 fully saturated rings. The lowest BCUT2D eigenvalue weighted by Gasteiger charge is -2.22. The van der Waals surface area contributed by atoms with E-state index in [0.717, 1.165) is 5.52 Å². The van der Waals surface area contributed by atoms with Crippen LogP contribution in [0.4, 0.5) is 0 Å². The van der Waals surface area contributed by atoms with Gasteiger partial charge in [0.2, 0.25) is 0 Å². The van der Waals surface area contributed by atoms with Crippen LogP contribution in [0.15, 0.2) is 133 Å². The average molecular weight is 512 g/mol. The summed E-state index contributed by atoms with van der Waals surface area (Å²) in [4.78, 5) is 3.77. The van der Waals surface area contributed by atoms with Crippen LogP contribution in [-0.2, 0) is 5.41 Å². The smallest absolute Gasteiger partial charge is 0.0544 e. The van der Waals surface area contributed by atoms with Gasteiger partial charge in [-0.15, -0.1) is 0 Å². The topological polar surface area (TPSA) is 15.8 Å². The second-order valence-corrected chi connectivity index (χ2v) is 11.5. The van der Waals surface area contributed by atoms with Crippen molar-refractivity contribution >= 4 is 21.8 Å². The Morgan fingerprint density at radius 2 is 1.05 bits per heavy atom. The average Bonchev–Trinajstić information content (AvgIpc) is 3.49. The number of aromatic amines is 1. The van der Waals surface area contributed by atoms with Crippen LogP contribution in [0.5, 0.6) is 0 Å². The summed E-state index contributed by atoms with van der Waals surface area (Å²) < 4.78 is 0. The molecule has 0 saturated heterocycles. The summed E-state index contributed by atoms with van der Waals surface area (Å²) in [5.74, 6) is 0. The van der Waals surface area contributed by atoms with Gasteiger partial charge in [-0.05, 0) is 80.4 Å². The van der Waals surface area contributed by atoms with Gasteiger partial charge in [-0.25, -0.2) is 0 Å². The Hall–Kier alpha value is -4.88.